The van der Waals surface area contributed by atoms with Crippen molar-refractivity contribution < 1.29 is 4.74 Å². The molecule has 0 saturated heterocycles. The summed E-state index contributed by atoms with van der Waals surface area (Å²) in [5, 5.41) is 3.71. The highest BCUT2D eigenvalue weighted by atomic mass is 16.5. The fourth-order valence-electron chi connectivity index (χ4n) is 3.62. The lowest BCUT2D eigenvalue weighted by atomic mass is 9.81. The molecule has 1 saturated carbocycles. The van der Waals surface area contributed by atoms with E-state index in [1.165, 1.54) is 30.4 Å². The Kier molecular flexibility index (Phi) is 4.00. The van der Waals surface area contributed by atoms with Gasteiger partial charge in [0.05, 0.1) is 6.61 Å². The zero-order valence-corrected chi connectivity index (χ0v) is 11.6. The number of hydrogen-bond donors (Lipinski definition) is 1. The van der Waals surface area contributed by atoms with Crippen LogP contribution in [0.2, 0.25) is 0 Å². The maximum atomic E-state index is 5.17. The van der Waals surface area contributed by atoms with Gasteiger partial charge < -0.3 is 10.1 Å². The normalized spacial score (nSPS) is 29.3. The van der Waals surface area contributed by atoms with Gasteiger partial charge in [-0.05, 0) is 42.2 Å². The molecule has 3 rings (SSSR count). The van der Waals surface area contributed by atoms with E-state index < -0.39 is 0 Å². The molecule has 2 bridgehead atoms. The third-order valence-electron chi connectivity index (χ3n) is 4.51. The number of fused-ring (bicyclic) bond motifs is 2. The monoisotopic (exact) mass is 257 g/mol. The third-order valence-corrected chi connectivity index (χ3v) is 4.51. The molecule has 0 amide bonds. The average Bonchev–Trinajstić information content (AvgIpc) is 2.85. The second-order valence-electron chi connectivity index (χ2n) is 5.75. The molecule has 0 unspecified atom stereocenters. The highest BCUT2D eigenvalue weighted by molar-refractivity contribution is 5.71. The molecule has 1 aromatic rings. The first-order chi connectivity index (χ1) is 9.38. The Balaban J connectivity index is 1.82. The van der Waals surface area contributed by atoms with Crippen molar-refractivity contribution in [2.75, 3.05) is 20.3 Å². The Labute approximate surface area is 115 Å². The number of benzene rings is 1. The standard InChI is InChI=1S/C17H23NO/c1-19-10-9-18-17-15-8-7-13(11-15)12-16(17)14-5-3-2-4-6-14/h2-6,12-13,15,17-18H,7-11H2,1H3/t13-,15-,17+/m0/s1. The summed E-state index contributed by atoms with van der Waals surface area (Å²) in [7, 11) is 1.77. The summed E-state index contributed by atoms with van der Waals surface area (Å²) >= 11 is 0. The first-order valence-corrected chi connectivity index (χ1v) is 7.38. The lowest BCUT2D eigenvalue weighted by molar-refractivity contribution is 0.194. The van der Waals surface area contributed by atoms with Gasteiger partial charge in [-0.2, -0.15) is 0 Å². The topological polar surface area (TPSA) is 21.3 Å². The Hall–Kier alpha value is -1.12. The second-order valence-corrected chi connectivity index (χ2v) is 5.75. The van der Waals surface area contributed by atoms with Crippen LogP contribution >= 0.6 is 0 Å². The van der Waals surface area contributed by atoms with E-state index in [9.17, 15) is 0 Å². The van der Waals surface area contributed by atoms with Gasteiger partial charge in [0.25, 0.3) is 0 Å². The highest BCUT2D eigenvalue weighted by Gasteiger charge is 2.36. The Morgan fingerprint density at radius 2 is 2.05 bits per heavy atom. The zero-order valence-electron chi connectivity index (χ0n) is 11.6. The summed E-state index contributed by atoms with van der Waals surface area (Å²) in [5.41, 5.74) is 2.89. The molecule has 0 heterocycles. The number of ether oxygens (including phenoxy) is 1. The molecule has 2 aliphatic rings. The van der Waals surface area contributed by atoms with Gasteiger partial charge >= 0.3 is 0 Å². The number of allylic oxidation sites excluding steroid dienone is 1. The molecule has 0 radical (unpaired) electrons. The number of nitrogens with one attached hydrogen (secondary N) is 1. The van der Waals surface area contributed by atoms with Crippen molar-refractivity contribution in [1.82, 2.24) is 5.32 Å². The van der Waals surface area contributed by atoms with Crippen molar-refractivity contribution in [3.8, 4) is 0 Å². The smallest absolute Gasteiger partial charge is 0.0587 e. The van der Waals surface area contributed by atoms with Crippen LogP contribution in [-0.2, 0) is 4.74 Å². The molecule has 0 spiro atoms. The van der Waals surface area contributed by atoms with Gasteiger partial charge in [0.15, 0.2) is 0 Å². The molecule has 102 valence electrons. The van der Waals surface area contributed by atoms with Crippen LogP contribution in [-0.4, -0.2) is 26.3 Å². The molecule has 2 nitrogen and oxygen atoms in total. The largest absolute Gasteiger partial charge is 0.383 e. The lowest BCUT2D eigenvalue weighted by Gasteiger charge is -2.31. The molecule has 1 aromatic carbocycles. The molecular weight excluding hydrogens is 234 g/mol. The van der Waals surface area contributed by atoms with E-state index in [-0.39, 0.29) is 0 Å². The van der Waals surface area contributed by atoms with E-state index in [2.05, 4.69) is 41.7 Å². The molecule has 1 fully saturated rings. The maximum Gasteiger partial charge on any atom is 0.0587 e. The number of rotatable bonds is 5. The van der Waals surface area contributed by atoms with Gasteiger partial charge in [-0.15, -0.1) is 0 Å². The molecule has 2 aliphatic carbocycles. The second kappa shape index (κ2) is 5.89. The number of hydrogen-bond acceptors (Lipinski definition) is 2. The minimum Gasteiger partial charge on any atom is -0.383 e. The Morgan fingerprint density at radius 1 is 1.21 bits per heavy atom. The van der Waals surface area contributed by atoms with Crippen LogP contribution in [0.5, 0.6) is 0 Å². The molecule has 0 aliphatic heterocycles. The Morgan fingerprint density at radius 3 is 2.84 bits per heavy atom. The number of methoxy groups -OCH3 is 1. The van der Waals surface area contributed by atoms with E-state index in [0.29, 0.717) is 6.04 Å². The minimum absolute atomic E-state index is 0.510. The summed E-state index contributed by atoms with van der Waals surface area (Å²) in [6.45, 7) is 1.72. The van der Waals surface area contributed by atoms with E-state index in [0.717, 1.165) is 25.0 Å². The maximum absolute atomic E-state index is 5.17. The van der Waals surface area contributed by atoms with Crippen molar-refractivity contribution in [3.63, 3.8) is 0 Å². The van der Waals surface area contributed by atoms with Crippen molar-refractivity contribution in [2.24, 2.45) is 11.8 Å². The van der Waals surface area contributed by atoms with E-state index in [4.69, 9.17) is 4.74 Å². The first kappa shape index (κ1) is 12.9. The van der Waals surface area contributed by atoms with Crippen LogP contribution in [0, 0.1) is 11.8 Å². The molecule has 19 heavy (non-hydrogen) atoms. The fraction of sp³-hybridized carbons (Fsp3) is 0.529. The lowest BCUT2D eigenvalue weighted by Crippen LogP contribution is -2.39. The molecule has 0 aromatic heterocycles. The van der Waals surface area contributed by atoms with Crippen LogP contribution < -0.4 is 5.32 Å². The quantitative estimate of drug-likeness (QED) is 0.818. The van der Waals surface area contributed by atoms with E-state index >= 15 is 0 Å². The van der Waals surface area contributed by atoms with Gasteiger partial charge in [0, 0.05) is 19.7 Å². The fourth-order valence-corrected chi connectivity index (χ4v) is 3.62. The van der Waals surface area contributed by atoms with Crippen molar-refractivity contribution in [1.29, 1.82) is 0 Å². The summed E-state index contributed by atoms with van der Waals surface area (Å²) in [6, 6.07) is 11.4. The Bertz CT molecular complexity index is 440. The summed E-state index contributed by atoms with van der Waals surface area (Å²) < 4.78 is 5.17. The van der Waals surface area contributed by atoms with Gasteiger partial charge in [-0.3, -0.25) is 0 Å². The van der Waals surface area contributed by atoms with Gasteiger partial charge in [-0.25, -0.2) is 0 Å². The molecular formula is C17H23NO. The van der Waals surface area contributed by atoms with Gasteiger partial charge in [0.2, 0.25) is 0 Å². The van der Waals surface area contributed by atoms with Crippen LogP contribution in [0.15, 0.2) is 36.4 Å². The summed E-state index contributed by atoms with van der Waals surface area (Å²) in [5.74, 6) is 1.61. The van der Waals surface area contributed by atoms with Gasteiger partial charge in [0.1, 0.15) is 0 Å². The SMILES string of the molecule is COCCN[C@H]1C(c2ccccc2)=C[C@H]2CC[C@H]1C2. The van der Waals surface area contributed by atoms with Gasteiger partial charge in [-0.1, -0.05) is 36.4 Å². The minimum atomic E-state index is 0.510. The average molecular weight is 257 g/mol. The molecule has 2 heteroatoms. The zero-order chi connectivity index (χ0) is 13.1. The van der Waals surface area contributed by atoms with Crippen molar-refractivity contribution >= 4 is 5.57 Å². The molecule has 1 N–H and O–H groups in total. The summed E-state index contributed by atoms with van der Waals surface area (Å²) in [4.78, 5) is 0. The van der Waals surface area contributed by atoms with E-state index in [1.807, 2.05) is 0 Å². The van der Waals surface area contributed by atoms with Crippen LogP contribution in [0.25, 0.3) is 5.57 Å². The first-order valence-electron chi connectivity index (χ1n) is 7.38. The predicted molar refractivity (Wildman–Crippen MR) is 78.9 cm³/mol. The van der Waals surface area contributed by atoms with Crippen LogP contribution in [0.4, 0.5) is 0 Å². The van der Waals surface area contributed by atoms with Crippen LogP contribution in [0.1, 0.15) is 24.8 Å². The third kappa shape index (κ3) is 2.75. The highest BCUT2D eigenvalue weighted by Crippen LogP contribution is 2.44. The van der Waals surface area contributed by atoms with E-state index in [1.54, 1.807) is 7.11 Å². The van der Waals surface area contributed by atoms with Crippen molar-refractivity contribution in [2.45, 2.75) is 25.3 Å². The summed E-state index contributed by atoms with van der Waals surface area (Å²) in [6.07, 6.45) is 6.61. The van der Waals surface area contributed by atoms with Crippen molar-refractivity contribution in [3.05, 3.63) is 42.0 Å². The molecule has 3 atom stereocenters. The predicted octanol–water partition coefficient (Wildman–Crippen LogP) is 3.10. The van der Waals surface area contributed by atoms with Crippen LogP contribution in [0.3, 0.4) is 0 Å².